The van der Waals surface area contributed by atoms with Crippen molar-refractivity contribution in [2.75, 3.05) is 5.73 Å². The first-order chi connectivity index (χ1) is 11.6. The fraction of sp³-hybridized carbons (Fsp3) is 0.615. The van der Waals surface area contributed by atoms with Gasteiger partial charge in [0.05, 0.1) is 6.33 Å². The smallest absolute Gasteiger partial charge is 0.369 e. The SMILES string of the molecule is Nc1nc2c(ncn2CCCCCCCC(F)(F)P(=O)(O)O)c(=O)[nH]1. The van der Waals surface area contributed by atoms with Crippen molar-refractivity contribution in [2.45, 2.75) is 50.7 Å². The van der Waals surface area contributed by atoms with E-state index in [0.29, 0.717) is 31.5 Å². The number of fused-ring (bicyclic) bond motifs is 1. The maximum absolute atomic E-state index is 13.1. The number of anilines is 1. The average molecular weight is 379 g/mol. The summed E-state index contributed by atoms with van der Waals surface area (Å²) in [4.78, 5) is 39.1. The molecule has 0 spiro atoms. The highest BCUT2D eigenvalue weighted by Gasteiger charge is 2.47. The van der Waals surface area contributed by atoms with Crippen LogP contribution in [0.25, 0.3) is 11.2 Å². The molecule has 0 bridgehead atoms. The third kappa shape index (κ3) is 4.83. The number of hydrogen-bond acceptors (Lipinski definition) is 5. The normalized spacial score (nSPS) is 12.8. The van der Waals surface area contributed by atoms with Crippen LogP contribution in [0.5, 0.6) is 0 Å². The number of rotatable bonds is 9. The highest BCUT2D eigenvalue weighted by Crippen LogP contribution is 2.55. The molecule has 0 fully saturated rings. The van der Waals surface area contributed by atoms with Crippen molar-refractivity contribution in [1.29, 1.82) is 0 Å². The van der Waals surface area contributed by atoms with Gasteiger partial charge in [0.2, 0.25) is 5.95 Å². The molecule has 0 saturated heterocycles. The molecule has 9 nitrogen and oxygen atoms in total. The van der Waals surface area contributed by atoms with Gasteiger partial charge >= 0.3 is 13.3 Å². The zero-order valence-corrected chi connectivity index (χ0v) is 14.3. The number of hydrogen-bond donors (Lipinski definition) is 4. The van der Waals surface area contributed by atoms with E-state index >= 15 is 0 Å². The number of halogens is 2. The predicted molar refractivity (Wildman–Crippen MR) is 87.3 cm³/mol. The van der Waals surface area contributed by atoms with Gasteiger partial charge in [0.25, 0.3) is 5.56 Å². The van der Waals surface area contributed by atoms with Gasteiger partial charge in [-0.25, -0.2) is 4.98 Å². The van der Waals surface area contributed by atoms with Crippen molar-refractivity contribution >= 4 is 24.7 Å². The summed E-state index contributed by atoms with van der Waals surface area (Å²) >= 11 is 0. The Labute approximate surface area is 141 Å². The summed E-state index contributed by atoms with van der Waals surface area (Å²) in [6.45, 7) is 0.547. The van der Waals surface area contributed by atoms with Gasteiger partial charge in [-0.15, -0.1) is 0 Å². The molecule has 2 rings (SSSR count). The third-order valence-corrected chi connectivity index (χ3v) is 4.87. The first-order valence-corrected chi connectivity index (χ1v) is 9.37. The number of aryl methyl sites for hydroxylation is 1. The van der Waals surface area contributed by atoms with E-state index in [2.05, 4.69) is 15.0 Å². The largest absolute Gasteiger partial charge is 0.394 e. The Morgan fingerprint density at radius 2 is 1.88 bits per heavy atom. The number of nitrogens with one attached hydrogen (secondary N) is 1. The summed E-state index contributed by atoms with van der Waals surface area (Å²) in [7, 11) is -5.38. The van der Waals surface area contributed by atoms with Gasteiger partial charge in [-0.1, -0.05) is 19.3 Å². The summed E-state index contributed by atoms with van der Waals surface area (Å²) in [6.07, 6.45) is 3.27. The van der Waals surface area contributed by atoms with Crippen LogP contribution in [-0.2, 0) is 11.1 Å². The summed E-state index contributed by atoms with van der Waals surface area (Å²) in [5.74, 6) is 0.00485. The topological polar surface area (TPSA) is 147 Å². The van der Waals surface area contributed by atoms with Crippen molar-refractivity contribution in [3.05, 3.63) is 16.7 Å². The quantitative estimate of drug-likeness (QED) is 0.384. The van der Waals surface area contributed by atoms with Crippen LogP contribution in [0.4, 0.5) is 14.7 Å². The first-order valence-electron chi connectivity index (χ1n) is 7.76. The molecule has 0 unspecified atom stereocenters. The van der Waals surface area contributed by atoms with E-state index in [1.54, 1.807) is 4.57 Å². The Hall–Kier alpha value is -1.84. The van der Waals surface area contributed by atoms with E-state index in [1.807, 2.05) is 0 Å². The molecule has 0 aliphatic rings. The minimum atomic E-state index is -5.38. The summed E-state index contributed by atoms with van der Waals surface area (Å²) in [5, 5.41) is 0. The van der Waals surface area contributed by atoms with Crippen LogP contribution in [0.2, 0.25) is 0 Å². The van der Waals surface area contributed by atoms with Gasteiger partial charge in [0, 0.05) is 13.0 Å². The molecule has 12 heteroatoms. The number of imidazole rings is 1. The number of aromatic nitrogens is 4. The Morgan fingerprint density at radius 1 is 1.24 bits per heavy atom. The van der Waals surface area contributed by atoms with E-state index in [0.717, 1.165) is 6.42 Å². The van der Waals surface area contributed by atoms with Crippen molar-refractivity contribution in [3.63, 3.8) is 0 Å². The van der Waals surface area contributed by atoms with Crippen molar-refractivity contribution < 1.29 is 23.1 Å². The molecule has 25 heavy (non-hydrogen) atoms. The number of unbranched alkanes of at least 4 members (excludes halogenated alkanes) is 4. The molecular weight excluding hydrogens is 359 g/mol. The van der Waals surface area contributed by atoms with Gasteiger partial charge in [0.1, 0.15) is 0 Å². The molecule has 5 N–H and O–H groups in total. The monoisotopic (exact) mass is 379 g/mol. The van der Waals surface area contributed by atoms with E-state index in [4.69, 9.17) is 15.5 Å². The highest BCUT2D eigenvalue weighted by molar-refractivity contribution is 7.53. The standard InChI is InChI=1S/C13H20F2N5O4P/c14-13(15,25(22,23)24)6-4-2-1-3-5-7-20-8-17-9-10(20)18-12(16)19-11(9)21/h8H,1-7H2,(H2,22,23,24)(H3,16,18,19,21). The zero-order valence-electron chi connectivity index (χ0n) is 13.4. The summed E-state index contributed by atoms with van der Waals surface area (Å²) in [5.41, 5.74) is 1.73. The Balaban J connectivity index is 1.74. The molecule has 0 saturated carbocycles. The number of H-pyrrole nitrogens is 1. The van der Waals surface area contributed by atoms with Gasteiger partial charge < -0.3 is 20.1 Å². The van der Waals surface area contributed by atoms with Crippen LogP contribution in [-0.4, -0.2) is 35.0 Å². The minimum absolute atomic E-state index is 0.00485. The second kappa shape index (κ2) is 7.59. The van der Waals surface area contributed by atoms with Crippen LogP contribution in [0, 0.1) is 0 Å². The van der Waals surface area contributed by atoms with Crippen LogP contribution >= 0.6 is 7.60 Å². The van der Waals surface area contributed by atoms with E-state index < -0.39 is 25.2 Å². The van der Waals surface area contributed by atoms with E-state index in [9.17, 15) is 18.1 Å². The fourth-order valence-electron chi connectivity index (χ4n) is 2.43. The Kier molecular flexibility index (Phi) is 5.91. The van der Waals surface area contributed by atoms with Crippen LogP contribution < -0.4 is 11.3 Å². The highest BCUT2D eigenvalue weighted by atomic mass is 31.2. The van der Waals surface area contributed by atoms with E-state index in [-0.39, 0.29) is 17.9 Å². The maximum atomic E-state index is 13.1. The molecule has 2 aromatic heterocycles. The molecule has 0 atom stereocenters. The molecular formula is C13H20F2N5O4P. The van der Waals surface area contributed by atoms with Gasteiger partial charge in [-0.2, -0.15) is 13.8 Å². The molecule has 2 heterocycles. The number of nitrogens with two attached hydrogens (primary N) is 1. The van der Waals surface area contributed by atoms with Crippen molar-refractivity contribution in [3.8, 4) is 0 Å². The lowest BCUT2D eigenvalue weighted by Crippen LogP contribution is -2.15. The molecule has 0 aromatic carbocycles. The molecule has 2 aromatic rings. The van der Waals surface area contributed by atoms with Crippen LogP contribution in [0.15, 0.2) is 11.1 Å². The van der Waals surface area contributed by atoms with Crippen molar-refractivity contribution in [1.82, 2.24) is 19.5 Å². The number of alkyl halides is 2. The molecule has 0 amide bonds. The molecule has 0 radical (unpaired) electrons. The van der Waals surface area contributed by atoms with Crippen LogP contribution in [0.3, 0.4) is 0 Å². The Morgan fingerprint density at radius 3 is 2.56 bits per heavy atom. The third-order valence-electron chi connectivity index (χ3n) is 3.80. The Bertz CT molecular complexity index is 831. The average Bonchev–Trinajstić information content (AvgIpc) is 2.88. The van der Waals surface area contributed by atoms with E-state index in [1.165, 1.54) is 6.33 Å². The van der Waals surface area contributed by atoms with Gasteiger partial charge in [-0.05, 0) is 12.8 Å². The lowest BCUT2D eigenvalue weighted by molar-refractivity contribution is 0.0476. The summed E-state index contributed by atoms with van der Waals surface area (Å²) in [6, 6.07) is 0. The first kappa shape index (κ1) is 19.5. The lowest BCUT2D eigenvalue weighted by Gasteiger charge is -2.17. The van der Waals surface area contributed by atoms with Gasteiger partial charge in [0.15, 0.2) is 11.2 Å². The molecule has 140 valence electrons. The molecule has 0 aliphatic carbocycles. The maximum Gasteiger partial charge on any atom is 0.394 e. The second-order valence-corrected chi connectivity index (χ2v) is 7.53. The number of nitrogen functional groups attached to an aromatic ring is 1. The van der Waals surface area contributed by atoms with Gasteiger partial charge in [-0.3, -0.25) is 14.3 Å². The summed E-state index contributed by atoms with van der Waals surface area (Å²) < 4.78 is 38.5. The second-order valence-electron chi connectivity index (χ2n) is 5.79. The van der Waals surface area contributed by atoms with Crippen molar-refractivity contribution in [2.24, 2.45) is 0 Å². The zero-order chi connectivity index (χ0) is 18.7. The number of aromatic amines is 1. The number of nitrogens with zero attached hydrogens (tertiary/aromatic N) is 3. The lowest BCUT2D eigenvalue weighted by atomic mass is 10.1. The van der Waals surface area contributed by atoms with Crippen LogP contribution in [0.1, 0.15) is 38.5 Å². The predicted octanol–water partition coefficient (Wildman–Crippen LogP) is 1.81. The minimum Gasteiger partial charge on any atom is -0.369 e. The fourth-order valence-corrected chi connectivity index (χ4v) is 2.88. The molecule has 0 aliphatic heterocycles.